The molecule has 14 heteroatoms. The van der Waals surface area contributed by atoms with Crippen LogP contribution in [0.3, 0.4) is 0 Å². The van der Waals surface area contributed by atoms with Gasteiger partial charge < -0.3 is 19.4 Å². The number of benzene rings is 3. The molecule has 1 atom stereocenters. The Hall–Kier alpha value is -5.84. The molecule has 3 aromatic carbocycles. The number of ether oxygens (including phenoxy) is 1. The van der Waals surface area contributed by atoms with Crippen LogP contribution in [0.4, 0.5) is 11.6 Å². The summed E-state index contributed by atoms with van der Waals surface area (Å²) in [6.07, 6.45) is 11.6. The Labute approximate surface area is 385 Å². The highest BCUT2D eigenvalue weighted by atomic mass is 35.5. The SMILES string of the molecule is CC(C)(c1ccc(OCc2ccnc(N3CCC4(CC3)CCN(C3CC5(CCN(c6ccc7c(c6)C(=O)N(C6CCC(=O)NC6=O)C7=O)CC5)C3)CC4)n2)cc1)c1cc(Cl)cc(C#N)c1. The summed E-state index contributed by atoms with van der Waals surface area (Å²) >= 11 is 6.32. The number of amides is 4. The van der Waals surface area contributed by atoms with Gasteiger partial charge in [-0.25, -0.2) is 9.97 Å². The van der Waals surface area contributed by atoms with Gasteiger partial charge in [-0.15, -0.1) is 0 Å². The molecule has 10 rings (SSSR count). The predicted molar refractivity (Wildman–Crippen MR) is 246 cm³/mol. The van der Waals surface area contributed by atoms with Crippen LogP contribution in [0, 0.1) is 22.2 Å². The third kappa shape index (κ3) is 8.24. The molecule has 2 spiro atoms. The van der Waals surface area contributed by atoms with Crippen molar-refractivity contribution in [3.05, 3.63) is 111 Å². The topological polar surface area (TPSA) is 152 Å². The first-order chi connectivity index (χ1) is 31.3. The van der Waals surface area contributed by atoms with E-state index in [4.69, 9.17) is 21.3 Å². The predicted octanol–water partition coefficient (Wildman–Crippen LogP) is 7.44. The van der Waals surface area contributed by atoms with Crippen LogP contribution in [0.2, 0.25) is 5.02 Å². The van der Waals surface area contributed by atoms with Crippen molar-refractivity contribution in [1.82, 2.24) is 25.1 Å². The summed E-state index contributed by atoms with van der Waals surface area (Å²) in [7, 11) is 0. The van der Waals surface area contributed by atoms with Gasteiger partial charge in [-0.3, -0.25) is 29.4 Å². The summed E-state index contributed by atoms with van der Waals surface area (Å²) in [4.78, 5) is 68.8. The maximum Gasteiger partial charge on any atom is 0.262 e. The molecule has 65 heavy (non-hydrogen) atoms. The average Bonchev–Trinajstić information content (AvgIpc) is 3.55. The molecule has 336 valence electrons. The second kappa shape index (κ2) is 16.9. The average molecular weight is 896 g/mol. The van der Waals surface area contributed by atoms with E-state index in [0.717, 1.165) is 104 Å². The van der Waals surface area contributed by atoms with E-state index in [1.54, 1.807) is 12.1 Å². The van der Waals surface area contributed by atoms with Crippen LogP contribution >= 0.6 is 11.6 Å². The van der Waals surface area contributed by atoms with E-state index >= 15 is 0 Å². The van der Waals surface area contributed by atoms with Crippen LogP contribution < -0.4 is 19.9 Å². The molecule has 1 aromatic heterocycles. The number of aromatic nitrogens is 2. The monoisotopic (exact) mass is 894 g/mol. The summed E-state index contributed by atoms with van der Waals surface area (Å²) in [5.41, 5.74) is 5.48. The molecular weight excluding hydrogens is 840 g/mol. The van der Waals surface area contributed by atoms with Crippen LogP contribution in [0.1, 0.15) is 121 Å². The van der Waals surface area contributed by atoms with E-state index in [1.165, 1.54) is 25.7 Å². The molecule has 4 amide bonds. The largest absolute Gasteiger partial charge is 0.487 e. The van der Waals surface area contributed by atoms with Crippen molar-refractivity contribution in [2.75, 3.05) is 49.1 Å². The number of piperidine rings is 4. The third-order valence-electron chi connectivity index (χ3n) is 15.8. The summed E-state index contributed by atoms with van der Waals surface area (Å²) in [6, 6.07) is 22.9. The Morgan fingerprint density at radius 3 is 2.18 bits per heavy atom. The van der Waals surface area contributed by atoms with Gasteiger partial charge >= 0.3 is 0 Å². The van der Waals surface area contributed by atoms with Gasteiger partial charge in [-0.2, -0.15) is 5.26 Å². The highest BCUT2D eigenvalue weighted by Crippen LogP contribution is 2.53. The Morgan fingerprint density at radius 1 is 0.800 bits per heavy atom. The number of likely N-dealkylation sites (tertiary alicyclic amines) is 1. The maximum atomic E-state index is 13.4. The first kappa shape index (κ1) is 43.1. The number of fused-ring (bicyclic) bond motifs is 1. The van der Waals surface area contributed by atoms with E-state index in [-0.39, 0.29) is 24.2 Å². The first-order valence-corrected chi connectivity index (χ1v) is 23.5. The molecule has 13 nitrogen and oxygen atoms in total. The van der Waals surface area contributed by atoms with Crippen molar-refractivity contribution < 1.29 is 23.9 Å². The molecule has 0 radical (unpaired) electrons. The zero-order valence-corrected chi connectivity index (χ0v) is 37.9. The van der Waals surface area contributed by atoms with Gasteiger partial charge in [-0.1, -0.05) is 37.6 Å². The zero-order valence-electron chi connectivity index (χ0n) is 37.2. The van der Waals surface area contributed by atoms with E-state index in [9.17, 15) is 24.4 Å². The minimum atomic E-state index is -0.957. The van der Waals surface area contributed by atoms with Gasteiger partial charge in [0, 0.05) is 61.0 Å². The molecule has 4 aromatic rings. The van der Waals surface area contributed by atoms with Gasteiger partial charge in [0.1, 0.15) is 18.4 Å². The molecule has 6 heterocycles. The number of rotatable bonds is 9. The fourth-order valence-electron chi connectivity index (χ4n) is 11.5. The van der Waals surface area contributed by atoms with E-state index in [1.807, 2.05) is 48.7 Å². The number of hydrogen-bond donors (Lipinski definition) is 1. The first-order valence-electron chi connectivity index (χ1n) is 23.2. The number of anilines is 2. The van der Waals surface area contributed by atoms with Gasteiger partial charge in [0.2, 0.25) is 17.8 Å². The summed E-state index contributed by atoms with van der Waals surface area (Å²) in [5.74, 6) is -0.358. The number of nitriles is 1. The number of imide groups is 2. The van der Waals surface area contributed by atoms with Crippen molar-refractivity contribution in [3.63, 3.8) is 0 Å². The zero-order chi connectivity index (χ0) is 45.1. The lowest BCUT2D eigenvalue weighted by molar-refractivity contribution is -0.136. The van der Waals surface area contributed by atoms with Crippen LogP contribution in [-0.4, -0.2) is 94.7 Å². The number of carbonyl (C=O) groups excluding carboxylic acids is 4. The number of hydrogen-bond acceptors (Lipinski definition) is 11. The highest BCUT2D eigenvalue weighted by molar-refractivity contribution is 6.30. The van der Waals surface area contributed by atoms with Gasteiger partial charge in [0.25, 0.3) is 11.8 Å². The number of halogens is 1. The summed E-state index contributed by atoms with van der Waals surface area (Å²) in [6.45, 7) is 10.7. The molecule has 0 bridgehead atoms. The number of nitrogens with one attached hydrogen (secondary N) is 1. The smallest absolute Gasteiger partial charge is 0.262 e. The van der Waals surface area contributed by atoms with Gasteiger partial charge in [0.15, 0.2) is 0 Å². The van der Waals surface area contributed by atoms with Crippen LogP contribution in [-0.2, 0) is 21.6 Å². The number of nitrogens with zero attached hydrogens (tertiary/aromatic N) is 7. The van der Waals surface area contributed by atoms with Crippen LogP contribution in [0.25, 0.3) is 0 Å². The molecule has 1 aliphatic carbocycles. The lowest BCUT2D eigenvalue weighted by Crippen LogP contribution is -2.58. The minimum Gasteiger partial charge on any atom is -0.487 e. The van der Waals surface area contributed by atoms with Crippen LogP contribution in [0.5, 0.6) is 5.75 Å². The van der Waals surface area contributed by atoms with Crippen LogP contribution in [0.15, 0.2) is 72.9 Å². The quantitative estimate of drug-likeness (QED) is 0.167. The van der Waals surface area contributed by atoms with E-state index < -0.39 is 23.8 Å². The molecule has 5 aliphatic heterocycles. The van der Waals surface area contributed by atoms with Gasteiger partial charge in [0.05, 0.1) is 28.5 Å². The molecule has 1 unspecified atom stereocenters. The molecule has 1 saturated carbocycles. The Balaban J connectivity index is 0.666. The second-order valence-electron chi connectivity index (χ2n) is 19.9. The lowest BCUT2D eigenvalue weighted by atomic mass is 9.59. The lowest BCUT2D eigenvalue weighted by Gasteiger charge is -2.57. The second-order valence-corrected chi connectivity index (χ2v) is 20.3. The Morgan fingerprint density at radius 2 is 1.48 bits per heavy atom. The Kier molecular flexibility index (Phi) is 11.2. The van der Waals surface area contributed by atoms with Crippen molar-refractivity contribution >= 4 is 46.9 Å². The minimum absolute atomic E-state index is 0.105. The maximum absolute atomic E-state index is 13.4. The van der Waals surface area contributed by atoms with E-state index in [2.05, 4.69) is 57.0 Å². The van der Waals surface area contributed by atoms with Crippen molar-refractivity contribution in [2.45, 2.75) is 102 Å². The normalized spacial score (nSPS) is 22.2. The molecular formula is C51H55ClN8O5. The summed E-state index contributed by atoms with van der Waals surface area (Å²) < 4.78 is 6.18. The summed E-state index contributed by atoms with van der Waals surface area (Å²) in [5, 5.41) is 12.3. The van der Waals surface area contributed by atoms with E-state index in [0.29, 0.717) is 45.2 Å². The van der Waals surface area contributed by atoms with Crippen molar-refractivity contribution in [1.29, 1.82) is 5.26 Å². The fraction of sp³-hybridized carbons (Fsp3) is 0.471. The Bertz CT molecular complexity index is 2580. The fourth-order valence-corrected chi connectivity index (χ4v) is 11.7. The molecule has 5 fully saturated rings. The highest BCUT2D eigenvalue weighted by Gasteiger charge is 2.50. The van der Waals surface area contributed by atoms with Crippen molar-refractivity contribution in [3.8, 4) is 11.8 Å². The molecule has 1 N–H and O–H groups in total. The molecule has 4 saturated heterocycles. The standard InChI is InChI=1S/C51H55ClN8O5/c1-49(2,35-25-33(31-53)26-36(52)27-35)34-3-6-40(7-4-34)65-32-37-11-18-54-48(55-37)59-23-14-50(15-24-59)12-19-58(20-13-50)39-29-51(30-39)16-21-57(22-17-51)38-5-8-41-42(28-38)47(64)60(46(41)63)43-9-10-44(61)56-45(43)62/h3-8,11,18,25-28,39,43H,9-10,12-17,19-24,29-30,32H2,1-2H3,(H,56,61,62). The van der Waals surface area contributed by atoms with Crippen molar-refractivity contribution in [2.24, 2.45) is 10.8 Å². The van der Waals surface area contributed by atoms with Gasteiger partial charge in [-0.05, 0) is 147 Å². The third-order valence-corrected chi connectivity index (χ3v) is 16.1. The number of carbonyl (C=O) groups is 4. The molecule has 6 aliphatic rings.